The summed E-state index contributed by atoms with van der Waals surface area (Å²) >= 11 is 0. The average molecular weight is 334 g/mol. The summed E-state index contributed by atoms with van der Waals surface area (Å²) in [6.07, 6.45) is 8.65. The van der Waals surface area contributed by atoms with Crippen molar-refractivity contribution in [3.8, 4) is 0 Å². The lowest BCUT2D eigenvalue weighted by atomic mass is 10.1. The highest BCUT2D eigenvalue weighted by atomic mass is 79.9. The molecule has 114 valence electrons. The maximum atomic E-state index is 11.5. The molecule has 3 heteroatoms. The van der Waals surface area contributed by atoms with Gasteiger partial charge in [-0.25, -0.2) is 0 Å². The maximum absolute atomic E-state index is 11.5. The third-order valence-corrected chi connectivity index (χ3v) is 3.54. The van der Waals surface area contributed by atoms with Crippen LogP contribution in [-0.2, 0) is 4.79 Å². The lowest BCUT2D eigenvalue weighted by Gasteiger charge is -2.29. The first-order valence-corrected chi connectivity index (χ1v) is 7.40. The lowest BCUT2D eigenvalue weighted by Crippen LogP contribution is -3.00. The van der Waals surface area contributed by atoms with E-state index in [2.05, 4.69) is 27.6 Å². The number of hydrogen-bond donors (Lipinski definition) is 0. The SMILES string of the molecule is C=C(C)C(=O)CC[N+](C)(C)CCCCCCCC.[Br-]. The van der Waals surface area contributed by atoms with Gasteiger partial charge in [0.15, 0.2) is 5.78 Å². The fraction of sp³-hybridized carbons (Fsp3) is 0.812. The van der Waals surface area contributed by atoms with E-state index in [0.717, 1.165) is 11.0 Å². The van der Waals surface area contributed by atoms with Crippen LogP contribution in [-0.4, -0.2) is 37.5 Å². The Balaban J connectivity index is 0. The molecule has 0 bridgehead atoms. The van der Waals surface area contributed by atoms with Crippen molar-refractivity contribution in [2.24, 2.45) is 0 Å². The molecule has 19 heavy (non-hydrogen) atoms. The Morgan fingerprint density at radius 3 is 2.05 bits per heavy atom. The van der Waals surface area contributed by atoms with Gasteiger partial charge in [0, 0.05) is 0 Å². The minimum Gasteiger partial charge on any atom is -1.00 e. The van der Waals surface area contributed by atoms with Gasteiger partial charge in [0.2, 0.25) is 0 Å². The van der Waals surface area contributed by atoms with E-state index in [1.165, 1.54) is 45.1 Å². The summed E-state index contributed by atoms with van der Waals surface area (Å²) in [7, 11) is 4.44. The number of hydrogen-bond acceptors (Lipinski definition) is 1. The minimum absolute atomic E-state index is 0. The molecule has 0 aromatic carbocycles. The molecule has 0 heterocycles. The van der Waals surface area contributed by atoms with Crippen LogP contribution in [0.25, 0.3) is 0 Å². The third kappa shape index (κ3) is 12.6. The summed E-state index contributed by atoms with van der Waals surface area (Å²) in [5.74, 6) is 0.212. The highest BCUT2D eigenvalue weighted by molar-refractivity contribution is 5.94. The van der Waals surface area contributed by atoms with Gasteiger partial charge < -0.3 is 21.5 Å². The van der Waals surface area contributed by atoms with Crippen LogP contribution in [0.1, 0.15) is 58.8 Å². The van der Waals surface area contributed by atoms with Crippen LogP contribution in [0.4, 0.5) is 0 Å². The molecular formula is C16H32BrNO. The smallest absolute Gasteiger partial charge is 0.163 e. The molecular weight excluding hydrogens is 302 g/mol. The first kappa shape index (κ1) is 21.2. The van der Waals surface area contributed by atoms with Gasteiger partial charge in [-0.05, 0) is 25.3 Å². The largest absolute Gasteiger partial charge is 1.00 e. The summed E-state index contributed by atoms with van der Waals surface area (Å²) in [6, 6.07) is 0. The van der Waals surface area contributed by atoms with E-state index < -0.39 is 0 Å². The number of halogens is 1. The van der Waals surface area contributed by atoms with Crippen molar-refractivity contribution < 1.29 is 26.3 Å². The number of unbranched alkanes of at least 4 members (excludes halogenated alkanes) is 5. The van der Waals surface area contributed by atoms with Gasteiger partial charge in [-0.2, -0.15) is 0 Å². The number of allylic oxidation sites excluding steroid dienone is 1. The van der Waals surface area contributed by atoms with Crippen molar-refractivity contribution in [3.63, 3.8) is 0 Å². The highest BCUT2D eigenvalue weighted by Gasteiger charge is 2.16. The molecule has 0 radical (unpaired) electrons. The molecule has 0 atom stereocenters. The highest BCUT2D eigenvalue weighted by Crippen LogP contribution is 2.09. The second kappa shape index (κ2) is 11.7. The van der Waals surface area contributed by atoms with Crippen LogP contribution in [0, 0.1) is 0 Å². The zero-order chi connectivity index (χ0) is 14.0. The fourth-order valence-electron chi connectivity index (χ4n) is 2.05. The molecule has 0 saturated carbocycles. The van der Waals surface area contributed by atoms with Gasteiger partial charge in [-0.1, -0.05) is 39.2 Å². The molecule has 0 saturated heterocycles. The van der Waals surface area contributed by atoms with Gasteiger partial charge in [0.1, 0.15) is 0 Å². The molecule has 0 amide bonds. The van der Waals surface area contributed by atoms with Gasteiger partial charge in [0.05, 0.1) is 33.6 Å². The first-order valence-electron chi connectivity index (χ1n) is 7.40. The van der Waals surface area contributed by atoms with Crippen LogP contribution >= 0.6 is 0 Å². The molecule has 0 unspecified atom stereocenters. The third-order valence-electron chi connectivity index (χ3n) is 3.54. The van der Waals surface area contributed by atoms with E-state index >= 15 is 0 Å². The summed E-state index contributed by atoms with van der Waals surface area (Å²) in [5, 5.41) is 0. The topological polar surface area (TPSA) is 17.1 Å². The van der Waals surface area contributed by atoms with E-state index in [0.29, 0.717) is 12.0 Å². The predicted molar refractivity (Wildman–Crippen MR) is 79.7 cm³/mol. The summed E-state index contributed by atoms with van der Waals surface area (Å²) in [6.45, 7) is 9.86. The Morgan fingerprint density at radius 1 is 1.00 bits per heavy atom. The zero-order valence-electron chi connectivity index (χ0n) is 13.3. The molecule has 2 nitrogen and oxygen atoms in total. The average Bonchev–Trinajstić information content (AvgIpc) is 2.30. The predicted octanol–water partition coefficient (Wildman–Crippen LogP) is 0.963. The van der Waals surface area contributed by atoms with Crippen molar-refractivity contribution in [2.75, 3.05) is 27.2 Å². The number of rotatable bonds is 11. The summed E-state index contributed by atoms with van der Waals surface area (Å²) < 4.78 is 0.951. The molecule has 0 rings (SSSR count). The van der Waals surface area contributed by atoms with E-state index in [1.807, 2.05) is 0 Å². The van der Waals surface area contributed by atoms with Crippen molar-refractivity contribution in [1.29, 1.82) is 0 Å². The summed E-state index contributed by atoms with van der Waals surface area (Å²) in [4.78, 5) is 11.5. The zero-order valence-corrected chi connectivity index (χ0v) is 14.9. The second-order valence-electron chi connectivity index (χ2n) is 6.10. The Bertz CT molecular complexity index is 261. The lowest BCUT2D eigenvalue weighted by molar-refractivity contribution is -0.889. The molecule has 0 aliphatic rings. The molecule has 0 aromatic heterocycles. The van der Waals surface area contributed by atoms with Crippen molar-refractivity contribution in [1.82, 2.24) is 0 Å². The number of carbonyl (C=O) groups is 1. The standard InChI is InChI=1S/C16H32NO.BrH/c1-6-7-8-9-10-11-13-17(4,5)14-12-16(18)15(2)3;/h2,6-14H2,1,3-5H3;1H/q+1;/p-1. The Kier molecular flexibility index (Phi) is 13.0. The molecule has 0 aliphatic carbocycles. The van der Waals surface area contributed by atoms with E-state index in [9.17, 15) is 4.79 Å². The number of ketones is 1. The molecule has 0 N–H and O–H groups in total. The fourth-order valence-corrected chi connectivity index (χ4v) is 2.05. The Labute approximate surface area is 130 Å². The molecule has 0 spiro atoms. The number of carbonyl (C=O) groups excluding carboxylic acids is 1. The Hall–Kier alpha value is -0.150. The van der Waals surface area contributed by atoms with Crippen LogP contribution in [0.5, 0.6) is 0 Å². The first-order chi connectivity index (χ1) is 8.39. The van der Waals surface area contributed by atoms with Crippen molar-refractivity contribution in [3.05, 3.63) is 12.2 Å². The maximum Gasteiger partial charge on any atom is 0.163 e. The number of Topliss-reactive ketones (excluding diaryl/α,β-unsaturated/α-hetero) is 1. The van der Waals surface area contributed by atoms with Crippen LogP contribution in [0.2, 0.25) is 0 Å². The second-order valence-corrected chi connectivity index (χ2v) is 6.10. The molecule has 0 aliphatic heterocycles. The van der Waals surface area contributed by atoms with Crippen LogP contribution in [0.3, 0.4) is 0 Å². The number of nitrogens with zero attached hydrogens (tertiary/aromatic N) is 1. The van der Waals surface area contributed by atoms with E-state index in [1.54, 1.807) is 6.92 Å². The number of quaternary nitrogens is 1. The van der Waals surface area contributed by atoms with Crippen molar-refractivity contribution in [2.45, 2.75) is 58.8 Å². The van der Waals surface area contributed by atoms with Crippen LogP contribution < -0.4 is 17.0 Å². The quantitative estimate of drug-likeness (QED) is 0.313. The normalized spacial score (nSPS) is 10.9. The Morgan fingerprint density at radius 2 is 1.53 bits per heavy atom. The van der Waals surface area contributed by atoms with Gasteiger partial charge in [-0.3, -0.25) is 4.79 Å². The molecule has 0 aromatic rings. The van der Waals surface area contributed by atoms with Crippen LogP contribution in [0.15, 0.2) is 12.2 Å². The monoisotopic (exact) mass is 333 g/mol. The van der Waals surface area contributed by atoms with Crippen molar-refractivity contribution >= 4 is 5.78 Å². The minimum atomic E-state index is 0. The van der Waals surface area contributed by atoms with E-state index in [4.69, 9.17) is 0 Å². The summed E-state index contributed by atoms with van der Waals surface area (Å²) in [5.41, 5.74) is 0.689. The molecule has 0 fully saturated rings. The van der Waals surface area contributed by atoms with E-state index in [-0.39, 0.29) is 22.8 Å². The van der Waals surface area contributed by atoms with Gasteiger partial charge in [-0.15, -0.1) is 0 Å². The van der Waals surface area contributed by atoms with Gasteiger partial charge in [0.25, 0.3) is 0 Å². The van der Waals surface area contributed by atoms with Gasteiger partial charge >= 0.3 is 0 Å².